The molecular weight excluding hydrogens is 240 g/mol. The fraction of sp³-hybridized carbons (Fsp3) is 1.00. The van der Waals surface area contributed by atoms with E-state index in [0.717, 1.165) is 0 Å². The lowest BCUT2D eigenvalue weighted by molar-refractivity contribution is 1.53. The van der Waals surface area contributed by atoms with Gasteiger partial charge in [0.25, 0.3) is 0 Å². The lowest BCUT2D eigenvalue weighted by atomic mass is 11.0. The molecule has 0 aromatic rings. The molecule has 0 unspecified atom stereocenters. The standard InChI is InChI=1S/C4H10S2.2H2S2/c1-3-5-6-4-2;2*1-2/h3-4H2,1-2H3;2*1-2H. The van der Waals surface area contributed by atoms with E-state index in [-0.39, 0.29) is 0 Å². The van der Waals surface area contributed by atoms with E-state index in [1.807, 2.05) is 21.6 Å². The molecule has 0 amide bonds. The molecule has 0 heterocycles. The van der Waals surface area contributed by atoms with E-state index in [1.165, 1.54) is 11.5 Å². The Morgan fingerprint density at radius 1 is 0.800 bits per heavy atom. The van der Waals surface area contributed by atoms with E-state index in [4.69, 9.17) is 0 Å². The summed E-state index contributed by atoms with van der Waals surface area (Å²) >= 11 is 12.9. The Kier molecular flexibility index (Phi) is 54.8. The van der Waals surface area contributed by atoms with Crippen molar-refractivity contribution in [2.75, 3.05) is 11.5 Å². The van der Waals surface area contributed by atoms with Gasteiger partial charge in [0.1, 0.15) is 0 Å². The van der Waals surface area contributed by atoms with Gasteiger partial charge in [-0.1, -0.05) is 35.4 Å². The number of hydrogen-bond acceptors (Lipinski definition) is 6. The molecular formula is C4H14S6. The molecule has 66 valence electrons. The topological polar surface area (TPSA) is 0 Å². The summed E-state index contributed by atoms with van der Waals surface area (Å²) in [5.74, 6) is 2.47. The predicted molar refractivity (Wildman–Crippen MR) is 72.2 cm³/mol. The quantitative estimate of drug-likeness (QED) is 0.342. The largest absolute Gasteiger partial charge is 0.115 e. The highest BCUT2D eigenvalue weighted by Crippen LogP contribution is 2.18. The van der Waals surface area contributed by atoms with Crippen molar-refractivity contribution < 1.29 is 0 Å². The molecule has 0 nitrogen and oxygen atoms in total. The average Bonchev–Trinajstić information content (AvgIpc) is 2.08. The van der Waals surface area contributed by atoms with Crippen LogP contribution >= 0.6 is 68.2 Å². The Morgan fingerprint density at radius 2 is 1.00 bits per heavy atom. The molecule has 0 spiro atoms. The summed E-state index contributed by atoms with van der Waals surface area (Å²) in [6.07, 6.45) is 0. The van der Waals surface area contributed by atoms with Crippen LogP contribution in [0.25, 0.3) is 0 Å². The molecule has 0 radical (unpaired) electrons. The zero-order valence-corrected chi connectivity index (χ0v) is 11.2. The SMILES string of the molecule is CCSSCC.SS.SS. The van der Waals surface area contributed by atoms with E-state index < -0.39 is 0 Å². The summed E-state index contributed by atoms with van der Waals surface area (Å²) in [7, 11) is 3.85. The summed E-state index contributed by atoms with van der Waals surface area (Å²) in [6.45, 7) is 4.35. The monoisotopic (exact) mass is 254 g/mol. The summed E-state index contributed by atoms with van der Waals surface area (Å²) in [5, 5.41) is 0. The van der Waals surface area contributed by atoms with Crippen LogP contribution in [0.4, 0.5) is 0 Å². The minimum atomic E-state index is 1.23. The van der Waals surface area contributed by atoms with E-state index in [1.54, 1.807) is 0 Å². The molecule has 0 aliphatic rings. The number of hydrogen-bond donors (Lipinski definition) is 4. The third kappa shape index (κ3) is 32.2. The maximum absolute atomic E-state index is 3.22. The van der Waals surface area contributed by atoms with Gasteiger partial charge in [-0.15, -0.1) is 46.6 Å². The van der Waals surface area contributed by atoms with Crippen molar-refractivity contribution in [3.8, 4) is 0 Å². The molecule has 0 bridgehead atoms. The lowest BCUT2D eigenvalue weighted by Crippen LogP contribution is -1.59. The van der Waals surface area contributed by atoms with E-state index >= 15 is 0 Å². The van der Waals surface area contributed by atoms with Gasteiger partial charge in [0.2, 0.25) is 0 Å². The van der Waals surface area contributed by atoms with Crippen LogP contribution in [0.5, 0.6) is 0 Å². The van der Waals surface area contributed by atoms with Crippen molar-refractivity contribution in [1.29, 1.82) is 0 Å². The highest BCUT2D eigenvalue weighted by atomic mass is 33.1. The molecule has 0 rings (SSSR count). The van der Waals surface area contributed by atoms with Crippen molar-refractivity contribution in [3.63, 3.8) is 0 Å². The van der Waals surface area contributed by atoms with Gasteiger partial charge in [-0.05, 0) is 0 Å². The third-order valence-corrected chi connectivity index (χ3v) is 2.87. The molecule has 0 saturated carbocycles. The van der Waals surface area contributed by atoms with Gasteiger partial charge in [-0.25, -0.2) is 0 Å². The van der Waals surface area contributed by atoms with Crippen molar-refractivity contribution in [3.05, 3.63) is 0 Å². The normalized spacial score (nSPS) is 6.60. The van der Waals surface area contributed by atoms with Gasteiger partial charge in [0.15, 0.2) is 0 Å². The Morgan fingerprint density at radius 3 is 1.10 bits per heavy atom. The molecule has 0 aromatic carbocycles. The van der Waals surface area contributed by atoms with Crippen LogP contribution in [0.1, 0.15) is 13.8 Å². The fourth-order valence-corrected chi connectivity index (χ4v) is 1.50. The van der Waals surface area contributed by atoms with Crippen LogP contribution in [-0.4, -0.2) is 11.5 Å². The van der Waals surface area contributed by atoms with Crippen molar-refractivity contribution >= 4 is 68.2 Å². The van der Waals surface area contributed by atoms with Crippen LogP contribution in [-0.2, 0) is 0 Å². The summed E-state index contributed by atoms with van der Waals surface area (Å²) in [5.41, 5.74) is 0. The molecule has 0 aliphatic carbocycles. The van der Waals surface area contributed by atoms with Crippen LogP contribution in [0.3, 0.4) is 0 Å². The zero-order valence-electron chi connectivity index (χ0n) is 6.02. The molecule has 0 saturated heterocycles. The molecule has 10 heavy (non-hydrogen) atoms. The van der Waals surface area contributed by atoms with Crippen molar-refractivity contribution in [1.82, 2.24) is 0 Å². The minimum Gasteiger partial charge on any atom is -0.115 e. The number of thiol groups is 4. The third-order valence-electron chi connectivity index (χ3n) is 0.319. The second kappa shape index (κ2) is 30.4. The molecule has 0 atom stereocenters. The maximum atomic E-state index is 3.22. The first-order valence-corrected chi connectivity index (χ1v) is 8.25. The predicted octanol–water partition coefficient (Wildman–Crippen LogP) is 3.93. The summed E-state index contributed by atoms with van der Waals surface area (Å²) in [4.78, 5) is 0. The van der Waals surface area contributed by atoms with Crippen LogP contribution in [0, 0.1) is 0 Å². The molecule has 0 N–H and O–H groups in total. The first-order chi connectivity index (χ1) is 4.91. The Hall–Kier alpha value is 2.10. The first kappa shape index (κ1) is 18.0. The van der Waals surface area contributed by atoms with E-state index in [0.29, 0.717) is 0 Å². The Balaban J connectivity index is -0.000000105. The van der Waals surface area contributed by atoms with Crippen LogP contribution in [0.2, 0.25) is 0 Å². The second-order valence-electron chi connectivity index (χ2n) is 0.813. The zero-order chi connectivity index (χ0) is 8.83. The van der Waals surface area contributed by atoms with E-state index in [2.05, 4.69) is 60.5 Å². The fourth-order valence-electron chi connectivity index (χ4n) is 0.167. The van der Waals surface area contributed by atoms with Gasteiger partial charge in [-0.2, -0.15) is 0 Å². The lowest BCUT2D eigenvalue weighted by Gasteiger charge is -1.86. The second-order valence-corrected chi connectivity index (χ2v) is 3.85. The van der Waals surface area contributed by atoms with Gasteiger partial charge in [0, 0.05) is 11.5 Å². The van der Waals surface area contributed by atoms with Gasteiger partial charge < -0.3 is 0 Å². The van der Waals surface area contributed by atoms with Crippen LogP contribution < -0.4 is 0 Å². The molecule has 0 fully saturated rings. The Bertz CT molecular complexity index is 21.7. The Labute approximate surface area is 92.9 Å². The van der Waals surface area contributed by atoms with Crippen molar-refractivity contribution in [2.45, 2.75) is 13.8 Å². The molecule has 6 heteroatoms. The highest BCUT2D eigenvalue weighted by molar-refractivity contribution is 8.76. The average molecular weight is 255 g/mol. The summed E-state index contributed by atoms with van der Waals surface area (Å²) in [6, 6.07) is 0. The van der Waals surface area contributed by atoms with Gasteiger partial charge >= 0.3 is 0 Å². The smallest absolute Gasteiger partial charge is 0.000844 e. The number of rotatable bonds is 3. The van der Waals surface area contributed by atoms with Crippen LogP contribution in [0.15, 0.2) is 0 Å². The molecule has 0 aliphatic heterocycles. The van der Waals surface area contributed by atoms with Gasteiger partial charge in [-0.3, -0.25) is 0 Å². The first-order valence-electron chi connectivity index (χ1n) is 2.56. The minimum absolute atomic E-state index is 1.23. The highest BCUT2D eigenvalue weighted by Gasteiger charge is 1.75. The summed E-state index contributed by atoms with van der Waals surface area (Å²) < 4.78 is 0. The van der Waals surface area contributed by atoms with E-state index in [9.17, 15) is 0 Å². The molecule has 0 aromatic heterocycles. The van der Waals surface area contributed by atoms with Crippen molar-refractivity contribution in [2.24, 2.45) is 0 Å². The maximum Gasteiger partial charge on any atom is 0.000844 e. The van der Waals surface area contributed by atoms with Gasteiger partial charge in [0.05, 0.1) is 0 Å².